The van der Waals surface area contributed by atoms with Gasteiger partial charge in [0.2, 0.25) is 0 Å². The lowest BCUT2D eigenvalue weighted by Gasteiger charge is -2.15. The number of benzene rings is 1. The highest BCUT2D eigenvalue weighted by Gasteiger charge is 2.08. The molecule has 2 amide bonds. The van der Waals surface area contributed by atoms with Crippen LogP contribution in [0.2, 0.25) is 0 Å². The van der Waals surface area contributed by atoms with E-state index >= 15 is 0 Å². The van der Waals surface area contributed by atoms with Crippen LogP contribution in [0.1, 0.15) is 37.0 Å². The molecule has 0 aliphatic carbocycles. The van der Waals surface area contributed by atoms with Gasteiger partial charge in [0, 0.05) is 11.7 Å². The minimum absolute atomic E-state index is 0.156. The third-order valence-corrected chi connectivity index (χ3v) is 2.71. The zero-order chi connectivity index (χ0) is 13.5. The van der Waals surface area contributed by atoms with Gasteiger partial charge in [0.05, 0.1) is 5.56 Å². The zero-order valence-electron chi connectivity index (χ0n) is 10.6. The van der Waals surface area contributed by atoms with Gasteiger partial charge in [-0.3, -0.25) is 0 Å². The topological polar surface area (TPSA) is 78.4 Å². The van der Waals surface area contributed by atoms with Crippen LogP contribution in [0.4, 0.5) is 10.5 Å². The van der Waals surface area contributed by atoms with Crippen LogP contribution in [-0.4, -0.2) is 23.1 Å². The third kappa shape index (κ3) is 4.08. The predicted molar refractivity (Wildman–Crippen MR) is 69.9 cm³/mol. The Kier molecular flexibility index (Phi) is 5.17. The van der Waals surface area contributed by atoms with E-state index in [1.165, 1.54) is 12.1 Å². The van der Waals surface area contributed by atoms with Gasteiger partial charge in [0.25, 0.3) is 0 Å². The van der Waals surface area contributed by atoms with Gasteiger partial charge in [0.15, 0.2) is 0 Å². The van der Waals surface area contributed by atoms with Gasteiger partial charge in [-0.15, -0.1) is 0 Å². The molecule has 0 atom stereocenters. The Morgan fingerprint density at radius 2 is 1.72 bits per heavy atom. The van der Waals surface area contributed by atoms with E-state index in [9.17, 15) is 9.59 Å². The Morgan fingerprint density at radius 3 is 2.17 bits per heavy atom. The van der Waals surface area contributed by atoms with E-state index in [1.54, 1.807) is 12.1 Å². The second kappa shape index (κ2) is 6.64. The predicted octanol–water partition coefficient (Wildman–Crippen LogP) is 2.69. The molecule has 0 aliphatic heterocycles. The maximum atomic E-state index is 11.6. The fourth-order valence-electron chi connectivity index (χ4n) is 1.54. The molecule has 0 saturated heterocycles. The lowest BCUT2D eigenvalue weighted by Crippen LogP contribution is -2.37. The molecule has 1 aromatic rings. The maximum Gasteiger partial charge on any atom is 0.335 e. The minimum atomic E-state index is -0.983. The van der Waals surface area contributed by atoms with Crippen molar-refractivity contribution in [1.29, 1.82) is 0 Å². The molecular weight excluding hydrogens is 232 g/mol. The molecule has 0 saturated carbocycles. The zero-order valence-corrected chi connectivity index (χ0v) is 10.6. The highest BCUT2D eigenvalue weighted by atomic mass is 16.4. The standard InChI is InChI=1S/C13H18N2O3/c1-3-10(4-2)14-13(18)15-11-7-5-9(6-8-11)12(16)17/h5-8,10H,3-4H2,1-2H3,(H,16,17)(H2,14,15,18). The number of hydrogen-bond donors (Lipinski definition) is 3. The van der Waals surface area contributed by atoms with Gasteiger partial charge >= 0.3 is 12.0 Å². The monoisotopic (exact) mass is 250 g/mol. The number of nitrogens with one attached hydrogen (secondary N) is 2. The number of carboxylic acid groups (broad SMARTS) is 1. The molecule has 1 aromatic carbocycles. The van der Waals surface area contributed by atoms with Crippen molar-refractivity contribution < 1.29 is 14.7 Å². The van der Waals surface area contributed by atoms with Crippen molar-refractivity contribution in [3.05, 3.63) is 29.8 Å². The summed E-state index contributed by atoms with van der Waals surface area (Å²) in [5.41, 5.74) is 0.768. The Labute approximate surface area is 106 Å². The van der Waals surface area contributed by atoms with E-state index in [2.05, 4.69) is 10.6 Å². The van der Waals surface area contributed by atoms with E-state index in [4.69, 9.17) is 5.11 Å². The number of carbonyl (C=O) groups is 2. The second-order valence-corrected chi connectivity index (χ2v) is 3.99. The van der Waals surface area contributed by atoms with Crippen molar-refractivity contribution in [2.45, 2.75) is 32.7 Å². The number of amides is 2. The Morgan fingerprint density at radius 1 is 1.17 bits per heavy atom. The third-order valence-electron chi connectivity index (χ3n) is 2.71. The molecule has 0 heterocycles. The number of hydrogen-bond acceptors (Lipinski definition) is 2. The van der Waals surface area contributed by atoms with Gasteiger partial charge in [-0.25, -0.2) is 9.59 Å². The molecule has 0 aliphatic rings. The SMILES string of the molecule is CCC(CC)NC(=O)Nc1ccc(C(=O)O)cc1. The fourth-order valence-corrected chi connectivity index (χ4v) is 1.54. The smallest absolute Gasteiger partial charge is 0.335 e. The van der Waals surface area contributed by atoms with Gasteiger partial charge < -0.3 is 15.7 Å². The molecule has 0 bridgehead atoms. The van der Waals surface area contributed by atoms with Crippen molar-refractivity contribution >= 4 is 17.7 Å². The quantitative estimate of drug-likeness (QED) is 0.751. The summed E-state index contributed by atoms with van der Waals surface area (Å²) in [4.78, 5) is 22.3. The molecule has 98 valence electrons. The summed E-state index contributed by atoms with van der Waals surface area (Å²) in [7, 11) is 0. The molecule has 3 N–H and O–H groups in total. The summed E-state index contributed by atoms with van der Waals surface area (Å²) in [6.45, 7) is 4.02. The van der Waals surface area contributed by atoms with E-state index in [0.29, 0.717) is 5.69 Å². The Hall–Kier alpha value is -2.04. The average molecular weight is 250 g/mol. The van der Waals surface area contributed by atoms with Crippen LogP contribution in [0.15, 0.2) is 24.3 Å². The van der Waals surface area contributed by atoms with E-state index < -0.39 is 5.97 Å². The largest absolute Gasteiger partial charge is 0.478 e. The molecule has 5 nitrogen and oxygen atoms in total. The number of urea groups is 1. The van der Waals surface area contributed by atoms with Crippen LogP contribution in [0, 0.1) is 0 Å². The van der Waals surface area contributed by atoms with E-state index in [0.717, 1.165) is 12.8 Å². The van der Waals surface area contributed by atoms with Crippen molar-refractivity contribution in [3.63, 3.8) is 0 Å². The van der Waals surface area contributed by atoms with Gasteiger partial charge in [0.1, 0.15) is 0 Å². The first-order valence-electron chi connectivity index (χ1n) is 5.97. The van der Waals surface area contributed by atoms with E-state index in [-0.39, 0.29) is 17.6 Å². The molecule has 0 radical (unpaired) electrons. The van der Waals surface area contributed by atoms with Crippen LogP contribution in [0.3, 0.4) is 0 Å². The fraction of sp³-hybridized carbons (Fsp3) is 0.385. The van der Waals surface area contributed by atoms with Crippen molar-refractivity contribution in [3.8, 4) is 0 Å². The highest BCUT2D eigenvalue weighted by molar-refractivity contribution is 5.91. The van der Waals surface area contributed by atoms with Gasteiger partial charge in [-0.05, 0) is 37.1 Å². The molecule has 18 heavy (non-hydrogen) atoms. The molecule has 0 fully saturated rings. The highest BCUT2D eigenvalue weighted by Crippen LogP contribution is 2.09. The minimum Gasteiger partial charge on any atom is -0.478 e. The average Bonchev–Trinajstić information content (AvgIpc) is 2.36. The summed E-state index contributed by atoms with van der Waals surface area (Å²) in [5, 5.41) is 14.2. The first-order chi connectivity index (χ1) is 8.56. The number of anilines is 1. The summed E-state index contributed by atoms with van der Waals surface area (Å²) in [6.07, 6.45) is 1.75. The van der Waals surface area contributed by atoms with E-state index in [1.807, 2.05) is 13.8 Å². The summed E-state index contributed by atoms with van der Waals surface area (Å²) in [5.74, 6) is -0.983. The first kappa shape index (κ1) is 14.0. The number of rotatable bonds is 5. The lowest BCUT2D eigenvalue weighted by atomic mass is 10.2. The van der Waals surface area contributed by atoms with Crippen molar-refractivity contribution in [2.75, 3.05) is 5.32 Å². The maximum absolute atomic E-state index is 11.6. The lowest BCUT2D eigenvalue weighted by molar-refractivity contribution is 0.0697. The van der Waals surface area contributed by atoms with Crippen molar-refractivity contribution in [2.24, 2.45) is 0 Å². The molecular formula is C13H18N2O3. The Bertz CT molecular complexity index is 411. The van der Waals surface area contributed by atoms with Crippen LogP contribution in [0.25, 0.3) is 0 Å². The number of carbonyl (C=O) groups excluding carboxylic acids is 1. The normalized spacial score (nSPS) is 10.2. The van der Waals surface area contributed by atoms with Gasteiger partial charge in [-0.1, -0.05) is 13.8 Å². The van der Waals surface area contributed by atoms with Crippen LogP contribution < -0.4 is 10.6 Å². The molecule has 1 rings (SSSR count). The molecule has 0 aromatic heterocycles. The molecule has 0 spiro atoms. The molecule has 0 unspecified atom stereocenters. The van der Waals surface area contributed by atoms with Crippen LogP contribution in [-0.2, 0) is 0 Å². The number of carboxylic acids is 1. The first-order valence-corrected chi connectivity index (χ1v) is 5.97. The summed E-state index contributed by atoms with van der Waals surface area (Å²) >= 11 is 0. The van der Waals surface area contributed by atoms with Crippen LogP contribution >= 0.6 is 0 Å². The Balaban J connectivity index is 2.56. The van der Waals surface area contributed by atoms with Crippen LogP contribution in [0.5, 0.6) is 0 Å². The summed E-state index contributed by atoms with van der Waals surface area (Å²) in [6, 6.07) is 5.92. The summed E-state index contributed by atoms with van der Waals surface area (Å²) < 4.78 is 0. The van der Waals surface area contributed by atoms with Gasteiger partial charge in [-0.2, -0.15) is 0 Å². The van der Waals surface area contributed by atoms with Crippen molar-refractivity contribution in [1.82, 2.24) is 5.32 Å². The second-order valence-electron chi connectivity index (χ2n) is 3.99. The number of aromatic carboxylic acids is 1. The molecule has 5 heteroatoms.